The number of ether oxygens (including phenoxy) is 2. The molecule has 1 aliphatic rings. The van der Waals surface area contributed by atoms with Crippen LogP contribution in [0, 0.1) is 0 Å². The van der Waals surface area contributed by atoms with Crippen molar-refractivity contribution in [3.05, 3.63) is 53.6 Å². The van der Waals surface area contributed by atoms with E-state index in [0.29, 0.717) is 35.7 Å². The van der Waals surface area contributed by atoms with Gasteiger partial charge >= 0.3 is 0 Å². The van der Waals surface area contributed by atoms with Crippen LogP contribution in [0.15, 0.2) is 42.5 Å². The van der Waals surface area contributed by atoms with Gasteiger partial charge in [0.05, 0.1) is 17.3 Å². The van der Waals surface area contributed by atoms with Gasteiger partial charge in [0.15, 0.2) is 11.5 Å². The van der Waals surface area contributed by atoms with Crippen molar-refractivity contribution in [3.63, 3.8) is 0 Å². The predicted molar refractivity (Wildman–Crippen MR) is 109 cm³/mol. The quantitative estimate of drug-likeness (QED) is 0.657. The first-order valence-corrected chi connectivity index (χ1v) is 8.90. The number of nitrogens with two attached hydrogens (primary N) is 1. The molecule has 7 nitrogen and oxygen atoms in total. The molecule has 0 aromatic heterocycles. The Morgan fingerprint density at radius 2 is 1.89 bits per heavy atom. The van der Waals surface area contributed by atoms with Gasteiger partial charge in [-0.05, 0) is 36.2 Å². The number of para-hydroxylation sites is 1. The molecule has 0 saturated carbocycles. The third-order valence-corrected chi connectivity index (χ3v) is 4.26. The lowest BCUT2D eigenvalue weighted by atomic mass is 10.1. The van der Waals surface area contributed by atoms with Crippen LogP contribution >= 0.6 is 12.4 Å². The minimum atomic E-state index is -0.597. The number of fused-ring (bicyclic) bond motifs is 1. The number of halogens is 1. The lowest BCUT2D eigenvalue weighted by Crippen LogP contribution is -2.36. The molecule has 0 fully saturated rings. The van der Waals surface area contributed by atoms with Crippen LogP contribution in [-0.2, 0) is 11.3 Å². The van der Waals surface area contributed by atoms with Crippen molar-refractivity contribution in [3.8, 4) is 11.5 Å². The Kier molecular flexibility index (Phi) is 7.66. The fourth-order valence-corrected chi connectivity index (χ4v) is 2.79. The number of hydrogen-bond donors (Lipinski definition) is 3. The maximum Gasteiger partial charge on any atom is 0.253 e. The van der Waals surface area contributed by atoms with Crippen LogP contribution in [0.3, 0.4) is 0 Å². The highest BCUT2D eigenvalue weighted by Crippen LogP contribution is 2.32. The second-order valence-corrected chi connectivity index (χ2v) is 6.30. The van der Waals surface area contributed by atoms with E-state index in [-0.39, 0.29) is 31.0 Å². The molecule has 0 saturated heterocycles. The first-order chi connectivity index (χ1) is 13.1. The molecule has 4 N–H and O–H groups in total. The normalized spacial score (nSPS) is 12.6. The van der Waals surface area contributed by atoms with Crippen molar-refractivity contribution in [2.24, 2.45) is 5.73 Å². The van der Waals surface area contributed by atoms with Gasteiger partial charge < -0.3 is 25.8 Å². The molecule has 0 radical (unpaired) electrons. The van der Waals surface area contributed by atoms with Gasteiger partial charge in [-0.3, -0.25) is 9.59 Å². The molecule has 8 heteroatoms. The van der Waals surface area contributed by atoms with Crippen molar-refractivity contribution in [2.75, 3.05) is 12.1 Å². The molecular weight excluding hydrogens is 382 g/mol. The van der Waals surface area contributed by atoms with Gasteiger partial charge in [-0.25, -0.2) is 0 Å². The molecule has 2 aromatic rings. The number of amides is 2. The lowest BCUT2D eigenvalue weighted by Gasteiger charge is -2.14. The summed E-state index contributed by atoms with van der Waals surface area (Å²) in [6.07, 6.45) is 1.40. The summed E-state index contributed by atoms with van der Waals surface area (Å²) in [7, 11) is 0. The highest BCUT2D eigenvalue weighted by molar-refractivity contribution is 6.04. The summed E-state index contributed by atoms with van der Waals surface area (Å²) in [6, 6.07) is 11.8. The molecule has 150 valence electrons. The number of carbonyl (C=O) groups excluding carboxylic acids is 2. The highest BCUT2D eigenvalue weighted by Gasteiger charge is 2.17. The molecule has 2 aromatic carbocycles. The van der Waals surface area contributed by atoms with E-state index in [9.17, 15) is 9.59 Å². The van der Waals surface area contributed by atoms with Crippen molar-refractivity contribution in [1.82, 2.24) is 5.32 Å². The largest absolute Gasteiger partial charge is 0.454 e. The maximum atomic E-state index is 12.6. The summed E-state index contributed by atoms with van der Waals surface area (Å²) in [5.41, 5.74) is 7.56. The summed E-state index contributed by atoms with van der Waals surface area (Å²) in [5, 5.41) is 5.60. The molecule has 2 amide bonds. The minimum Gasteiger partial charge on any atom is -0.454 e. The van der Waals surface area contributed by atoms with Gasteiger partial charge in [-0.2, -0.15) is 0 Å². The van der Waals surface area contributed by atoms with E-state index in [1.54, 1.807) is 24.3 Å². The Labute approximate surface area is 170 Å². The summed E-state index contributed by atoms with van der Waals surface area (Å²) in [6.45, 7) is 2.50. The van der Waals surface area contributed by atoms with Crippen molar-refractivity contribution < 1.29 is 19.1 Å². The van der Waals surface area contributed by atoms with E-state index in [4.69, 9.17) is 15.2 Å². The number of anilines is 1. The first-order valence-electron chi connectivity index (χ1n) is 8.90. The van der Waals surface area contributed by atoms with E-state index in [2.05, 4.69) is 10.6 Å². The van der Waals surface area contributed by atoms with Crippen LogP contribution in [0.5, 0.6) is 11.5 Å². The molecule has 1 unspecified atom stereocenters. The Bertz CT molecular complexity index is 844. The average Bonchev–Trinajstić information content (AvgIpc) is 3.14. The molecular formula is C20H24ClN3O4. The standard InChI is InChI=1S/C20H23N3O4.ClH/c1-2-5-15(21)20(25)23-16-7-4-3-6-14(16)19(24)22-11-13-8-9-17-18(10-13)27-12-26-17;/h3-4,6-10,15H,2,5,11-12,21H2,1H3,(H,22,24)(H,23,25);1H. The zero-order valence-corrected chi connectivity index (χ0v) is 16.4. The molecule has 28 heavy (non-hydrogen) atoms. The lowest BCUT2D eigenvalue weighted by molar-refractivity contribution is -0.117. The van der Waals surface area contributed by atoms with Crippen molar-refractivity contribution in [2.45, 2.75) is 32.4 Å². The maximum absolute atomic E-state index is 12.6. The van der Waals surface area contributed by atoms with Gasteiger partial charge in [-0.1, -0.05) is 31.5 Å². The average molecular weight is 406 g/mol. The fraction of sp³-hybridized carbons (Fsp3) is 0.300. The highest BCUT2D eigenvalue weighted by atomic mass is 35.5. The van der Waals surface area contributed by atoms with E-state index in [1.807, 2.05) is 25.1 Å². The van der Waals surface area contributed by atoms with Gasteiger partial charge in [-0.15, -0.1) is 12.4 Å². The van der Waals surface area contributed by atoms with Crippen LogP contribution in [0.2, 0.25) is 0 Å². The Morgan fingerprint density at radius 1 is 1.14 bits per heavy atom. The monoisotopic (exact) mass is 405 g/mol. The summed E-state index contributed by atoms with van der Waals surface area (Å²) < 4.78 is 10.6. The van der Waals surface area contributed by atoms with E-state index >= 15 is 0 Å². The molecule has 0 bridgehead atoms. The zero-order chi connectivity index (χ0) is 19.2. The molecule has 1 atom stereocenters. The molecule has 3 rings (SSSR count). The minimum absolute atomic E-state index is 0. The third-order valence-electron chi connectivity index (χ3n) is 4.26. The van der Waals surface area contributed by atoms with E-state index < -0.39 is 6.04 Å². The van der Waals surface area contributed by atoms with Crippen molar-refractivity contribution >= 4 is 29.9 Å². The Morgan fingerprint density at radius 3 is 2.68 bits per heavy atom. The second kappa shape index (κ2) is 9.96. The SMILES string of the molecule is CCCC(N)C(=O)Nc1ccccc1C(=O)NCc1ccc2c(c1)OCO2.Cl. The smallest absolute Gasteiger partial charge is 0.253 e. The van der Waals surface area contributed by atoms with Crippen LogP contribution in [0.25, 0.3) is 0 Å². The number of carbonyl (C=O) groups is 2. The topological polar surface area (TPSA) is 103 Å². The van der Waals surface area contributed by atoms with Crippen LogP contribution < -0.4 is 25.8 Å². The number of rotatable bonds is 7. The number of nitrogens with one attached hydrogen (secondary N) is 2. The Balaban J connectivity index is 0.00000280. The van der Waals surface area contributed by atoms with Gasteiger partial charge in [0, 0.05) is 6.54 Å². The van der Waals surface area contributed by atoms with Gasteiger partial charge in [0.2, 0.25) is 12.7 Å². The van der Waals surface area contributed by atoms with Crippen LogP contribution in [0.4, 0.5) is 5.69 Å². The summed E-state index contributed by atoms with van der Waals surface area (Å²) >= 11 is 0. The predicted octanol–water partition coefficient (Wildman–Crippen LogP) is 2.83. The van der Waals surface area contributed by atoms with Gasteiger partial charge in [0.1, 0.15) is 0 Å². The fourth-order valence-electron chi connectivity index (χ4n) is 2.79. The van der Waals surface area contributed by atoms with Crippen LogP contribution in [0.1, 0.15) is 35.7 Å². The first kappa shape index (κ1) is 21.5. The molecule has 1 heterocycles. The van der Waals surface area contributed by atoms with E-state index in [1.165, 1.54) is 0 Å². The summed E-state index contributed by atoms with van der Waals surface area (Å²) in [5.74, 6) is 0.779. The van der Waals surface area contributed by atoms with Crippen LogP contribution in [-0.4, -0.2) is 24.6 Å². The number of benzene rings is 2. The van der Waals surface area contributed by atoms with Gasteiger partial charge in [0.25, 0.3) is 5.91 Å². The zero-order valence-electron chi connectivity index (χ0n) is 15.6. The van der Waals surface area contributed by atoms with Crippen molar-refractivity contribution in [1.29, 1.82) is 0 Å². The molecule has 0 spiro atoms. The second-order valence-electron chi connectivity index (χ2n) is 6.30. The van der Waals surface area contributed by atoms with E-state index in [0.717, 1.165) is 12.0 Å². The molecule has 1 aliphatic heterocycles. The Hall–Kier alpha value is -2.77. The number of hydrogen-bond acceptors (Lipinski definition) is 5. The third kappa shape index (κ3) is 5.15. The molecule has 0 aliphatic carbocycles. The summed E-state index contributed by atoms with van der Waals surface area (Å²) in [4.78, 5) is 24.8.